The van der Waals surface area contributed by atoms with Crippen molar-refractivity contribution in [3.63, 3.8) is 0 Å². The van der Waals surface area contributed by atoms with E-state index in [4.69, 9.17) is 39.3 Å². The van der Waals surface area contributed by atoms with E-state index in [1.165, 1.54) is 100 Å². The first kappa shape index (κ1) is 74.0. The molecule has 6 saturated carbocycles. The van der Waals surface area contributed by atoms with Crippen molar-refractivity contribution < 1.29 is 152 Å². The molecule has 373 valence electrons. The number of carbonyl (C=O) groups excluding carboxylic acids is 2. The van der Waals surface area contributed by atoms with E-state index < -0.39 is 7.60 Å². The maximum atomic E-state index is 11.3. The summed E-state index contributed by atoms with van der Waals surface area (Å²) in [6, 6.07) is 3.85. The predicted molar refractivity (Wildman–Crippen MR) is 265 cm³/mol. The summed E-state index contributed by atoms with van der Waals surface area (Å²) in [7, 11) is -3.08. The molecule has 12 atom stereocenters. The quantitative estimate of drug-likeness (QED) is 0.0377. The van der Waals surface area contributed by atoms with Crippen LogP contribution in [0.4, 0.5) is 0 Å². The van der Waals surface area contributed by atoms with Gasteiger partial charge in [-0.15, -0.1) is 0 Å². The Balaban J connectivity index is -0.000000402. The normalized spacial score (nSPS) is 31.1. The third kappa shape index (κ3) is 20.0. The van der Waals surface area contributed by atoms with Crippen molar-refractivity contribution in [3.05, 3.63) is 48.6 Å². The summed E-state index contributed by atoms with van der Waals surface area (Å²) in [5.41, 5.74) is 5.00. The fourth-order valence-corrected chi connectivity index (χ4v) is 15.4. The molecule has 0 heterocycles. The van der Waals surface area contributed by atoms with Crippen molar-refractivity contribution in [1.29, 1.82) is 10.5 Å². The van der Waals surface area contributed by atoms with Gasteiger partial charge in [-0.3, -0.25) is 21.3 Å². The van der Waals surface area contributed by atoms with Crippen LogP contribution < -0.4 is 29.6 Å². The van der Waals surface area contributed by atoms with Gasteiger partial charge in [0.05, 0.1) is 25.4 Å². The Morgan fingerprint density at radius 1 is 0.691 bits per heavy atom. The van der Waals surface area contributed by atoms with Crippen LogP contribution in [0.5, 0.6) is 0 Å². The van der Waals surface area contributed by atoms with Gasteiger partial charge in [0.15, 0.2) is 0 Å². The first-order valence-electron chi connectivity index (χ1n) is 25.0. The molecule has 0 amide bonds. The maximum absolute atomic E-state index is 11.3. The molecular formula is C56H91N2NaO5PY3-3. The van der Waals surface area contributed by atoms with Gasteiger partial charge in [0.25, 0.3) is 0 Å². The molecule has 6 aliphatic carbocycles. The van der Waals surface area contributed by atoms with Crippen LogP contribution in [0.2, 0.25) is 0 Å². The van der Waals surface area contributed by atoms with Crippen LogP contribution in [0.3, 0.4) is 0 Å². The molecule has 0 aromatic rings. The number of unbranched alkanes of at least 4 members (excludes halogenated alkanes) is 1. The van der Waals surface area contributed by atoms with Gasteiger partial charge in [0, 0.05) is 117 Å². The Labute approximate surface area is 517 Å². The van der Waals surface area contributed by atoms with E-state index in [2.05, 4.69) is 47.6 Å². The van der Waals surface area contributed by atoms with Crippen molar-refractivity contribution in [2.45, 2.75) is 191 Å². The van der Waals surface area contributed by atoms with Gasteiger partial charge < -0.3 is 39.8 Å². The number of hydrogen-bond donors (Lipinski definition) is 0. The van der Waals surface area contributed by atoms with Crippen molar-refractivity contribution in [3.8, 4) is 12.1 Å². The van der Waals surface area contributed by atoms with Crippen LogP contribution in [-0.4, -0.2) is 31.9 Å². The molecule has 6 aliphatic rings. The number of nitrogens with zero attached hydrogens (tertiary/aromatic N) is 2. The molecule has 3 unspecified atom stereocenters. The van der Waals surface area contributed by atoms with Crippen LogP contribution in [-0.2, 0) is 121 Å². The molecule has 0 spiro atoms. The summed E-state index contributed by atoms with van der Waals surface area (Å²) < 4.78 is 21.0. The summed E-state index contributed by atoms with van der Waals surface area (Å²) in [6.07, 6.45) is 29.2. The minimum Gasteiger partial charge on any atom is -1.00 e. The van der Waals surface area contributed by atoms with Gasteiger partial charge in [0.1, 0.15) is 18.7 Å². The monoisotopic (exact) mass is 1190 g/mol. The van der Waals surface area contributed by atoms with Crippen molar-refractivity contribution in [2.75, 3.05) is 19.4 Å². The number of nitriles is 2. The number of carbonyl (C=O) groups is 2. The topological polar surface area (TPSA) is 117 Å². The smallest absolute Gasteiger partial charge is 1.00 e. The predicted octanol–water partition coefficient (Wildman–Crippen LogP) is 12.5. The van der Waals surface area contributed by atoms with Crippen LogP contribution in [0.15, 0.2) is 28.9 Å². The van der Waals surface area contributed by atoms with Crippen LogP contribution in [0.25, 0.3) is 0 Å². The molecule has 3 radical (unpaired) electrons. The van der Waals surface area contributed by atoms with Crippen molar-refractivity contribution >= 4 is 20.2 Å². The van der Waals surface area contributed by atoms with Gasteiger partial charge >= 0.3 is 37.2 Å². The van der Waals surface area contributed by atoms with Gasteiger partial charge in [-0.2, -0.15) is 10.5 Å². The molecule has 0 bridgehead atoms. The Morgan fingerprint density at radius 2 is 1.07 bits per heavy atom. The van der Waals surface area contributed by atoms with Gasteiger partial charge in [-0.1, -0.05) is 100.0 Å². The van der Waals surface area contributed by atoms with E-state index in [-0.39, 0.29) is 143 Å². The molecule has 68 heavy (non-hydrogen) atoms. The summed E-state index contributed by atoms with van der Waals surface area (Å²) in [4.78, 5) is 21.1. The Bertz CT molecular complexity index is 1700. The first-order chi connectivity index (χ1) is 30.0. The Morgan fingerprint density at radius 3 is 1.41 bits per heavy atom. The van der Waals surface area contributed by atoms with E-state index in [1.54, 1.807) is 26.0 Å². The molecule has 0 N–H and O–H groups in total. The fraction of sp³-hybridized carbons (Fsp3) is 0.786. The zero-order valence-corrected chi connectivity index (χ0v) is 55.0. The zero-order chi connectivity index (χ0) is 46.8. The second-order valence-electron chi connectivity index (χ2n) is 21.0. The second kappa shape index (κ2) is 36.7. The summed E-state index contributed by atoms with van der Waals surface area (Å²) in [5, 5.41) is 16.8. The van der Waals surface area contributed by atoms with Gasteiger partial charge in [-0.25, -0.2) is 0 Å². The van der Waals surface area contributed by atoms with E-state index >= 15 is 0 Å². The minimum absolute atomic E-state index is 0. The molecule has 0 saturated heterocycles. The van der Waals surface area contributed by atoms with Gasteiger partial charge in [-0.05, 0) is 154 Å². The molecule has 6 rings (SSSR count). The van der Waals surface area contributed by atoms with Gasteiger partial charge in [0.2, 0.25) is 0 Å². The second-order valence-corrected chi connectivity index (χ2v) is 23.0. The molecule has 6 fully saturated rings. The Hall–Kier alpha value is 1.74. The zero-order valence-electron chi connectivity index (χ0n) is 44.6. The van der Waals surface area contributed by atoms with Crippen molar-refractivity contribution in [2.24, 2.45) is 69.5 Å². The Kier molecular flexibility index (Phi) is 39.9. The standard InChI is InChI=1S/C17H24N.C17H27O.C15H23O.C6H12NO3P.CH4.Na.3Y.H/c2*1-13(7-4-5-12-18)15-9-10-16-14(2)8-6-11-17(15,16)3;1-11-5-4-9-15(3)13(11)6-7-14(15)12(2)8-10-16;1-3-9-11(8,6-5-7)10-4-2;;;;;;/h2,4-5,13,15-16H,6-11H2,1,3H3;2,12-13,15-16H,4-11H2,1,3H3;1,10,12-14H,4-9H2,2-3H3;3-4,6H2,1-2H3;1H4;;;;;/q3*-1;;;+1;;;;-1/b5-4+;;;;;;;;;/t2*13-,15-,16?,17-;12-,13?,14-,15+;;;;;;;/m111......./s1. The maximum Gasteiger partial charge on any atom is 1.00 e. The van der Waals surface area contributed by atoms with E-state index in [9.17, 15) is 14.2 Å². The number of rotatable bonds is 16. The average molecular weight is 1190 g/mol. The molecule has 12 heteroatoms. The third-order valence-electron chi connectivity index (χ3n) is 17.2. The molecule has 7 nitrogen and oxygen atoms in total. The molecule has 0 aromatic carbocycles. The summed E-state index contributed by atoms with van der Waals surface area (Å²) >= 11 is 0. The summed E-state index contributed by atoms with van der Waals surface area (Å²) in [6.45, 7) is 37.0. The number of allylic oxidation sites excluding steroid dienone is 5. The minimum atomic E-state index is -3.08. The molecule has 0 aromatic heterocycles. The molecule has 0 aliphatic heterocycles. The third-order valence-corrected chi connectivity index (χ3v) is 19.1. The number of fused-ring (bicyclic) bond motifs is 3. The van der Waals surface area contributed by atoms with Crippen molar-refractivity contribution in [1.82, 2.24) is 0 Å². The number of hydrogen-bond acceptors (Lipinski definition) is 7. The average Bonchev–Trinajstić information content (AvgIpc) is 3.91. The summed E-state index contributed by atoms with van der Waals surface area (Å²) in [5.74, 6) is 6.16. The number of aldehydes is 2. The van der Waals surface area contributed by atoms with E-state index in [1.807, 2.05) is 6.08 Å². The molecular weight excluding hydrogens is 1100 g/mol. The fourth-order valence-electron chi connectivity index (χ4n) is 14.2. The van der Waals surface area contributed by atoms with Crippen LogP contribution in [0, 0.1) is 112 Å². The van der Waals surface area contributed by atoms with E-state index in [0.29, 0.717) is 71.4 Å². The largest absolute Gasteiger partial charge is 1.00 e. The van der Waals surface area contributed by atoms with Crippen LogP contribution >= 0.6 is 7.60 Å². The SMILES string of the molecule is C.CCOP(=O)(CC#N)OCC.[CH-]=C1CCC[C@@]2(C)C1CC[C@@H]2[C@H](C)C/C=C/C#N.[CH-]=C1CCC[C@@]2(C)C1CC[C@@H]2[C@H](C)CC=O.[CH-]=C1CCC[C@@]2(C)C1CC[C@@H]2[C@H](C)CCCC=O.[H-].[Na+].[Y].[Y].[Y]. The van der Waals surface area contributed by atoms with E-state index in [0.717, 1.165) is 68.9 Å². The van der Waals surface area contributed by atoms with Crippen LogP contribution in [0.1, 0.15) is 193 Å². The first-order valence-corrected chi connectivity index (χ1v) is 26.7.